The van der Waals surface area contributed by atoms with Crippen molar-refractivity contribution in [2.45, 2.75) is 23.1 Å². The lowest BCUT2D eigenvalue weighted by atomic mass is 10.1. The first kappa shape index (κ1) is 24.9. The fourth-order valence-corrected chi connectivity index (χ4v) is 5.18. The van der Waals surface area contributed by atoms with Crippen LogP contribution in [0.25, 0.3) is 22.0 Å². The van der Waals surface area contributed by atoms with Crippen LogP contribution in [0.15, 0.2) is 70.4 Å². The monoisotopic (exact) mass is 515 g/mol. The minimum atomic E-state index is -4.37. The van der Waals surface area contributed by atoms with Gasteiger partial charge in [-0.3, -0.25) is 9.59 Å². The van der Waals surface area contributed by atoms with Gasteiger partial charge in [-0.05, 0) is 60.0 Å². The van der Waals surface area contributed by atoms with Crippen molar-refractivity contribution in [1.29, 1.82) is 0 Å². The van der Waals surface area contributed by atoms with Crippen molar-refractivity contribution in [2.24, 2.45) is 0 Å². The van der Waals surface area contributed by atoms with Crippen LogP contribution >= 0.6 is 0 Å². The normalized spacial score (nSPS) is 12.4. The summed E-state index contributed by atoms with van der Waals surface area (Å²) in [6, 6.07) is 13.0. The highest BCUT2D eigenvalue weighted by Crippen LogP contribution is 2.26. The highest BCUT2D eigenvalue weighted by atomic mass is 32.2. The second-order valence-electron chi connectivity index (χ2n) is 7.81. The molecule has 12 heteroatoms. The molecule has 0 amide bonds. The number of benzene rings is 3. The maximum absolute atomic E-state index is 13.5. The van der Waals surface area contributed by atoms with E-state index in [-0.39, 0.29) is 16.8 Å². The number of aliphatic carboxylic acids is 1. The number of carboxylic acids is 1. The molecule has 9 nitrogen and oxygen atoms in total. The van der Waals surface area contributed by atoms with E-state index in [0.717, 1.165) is 16.8 Å². The lowest BCUT2D eigenvalue weighted by molar-refractivity contribution is -0.136. The molecule has 1 N–H and O–H groups in total. The molecule has 1 atom stereocenters. The molecule has 0 aliphatic heterocycles. The number of carbonyl (C=O) groups is 1. The maximum atomic E-state index is 13.5. The van der Waals surface area contributed by atoms with Crippen molar-refractivity contribution in [3.05, 3.63) is 82.7 Å². The van der Waals surface area contributed by atoms with Crippen molar-refractivity contribution in [2.75, 3.05) is 7.11 Å². The average Bonchev–Trinajstić information content (AvgIpc) is 2.86. The molecule has 0 spiro atoms. The van der Waals surface area contributed by atoms with E-state index in [2.05, 4.69) is 10.3 Å². The van der Waals surface area contributed by atoms with E-state index in [1.165, 1.54) is 43.5 Å². The standard InChI is InChI=1S/C24H19F2N3O6S/c1-35-16-5-9-21-18(13-16)23(30)29(28-27-21)11-10-22(24(31)32)36(33,34)17-6-2-14(3-7-17)15-4-8-19(25)20(26)12-15/h2-9,12-13,22H,10-11H2,1H3,(H,31,32). The molecule has 4 rings (SSSR count). The first-order valence-corrected chi connectivity index (χ1v) is 12.1. The number of aromatic nitrogens is 3. The molecule has 0 fully saturated rings. The number of carboxylic acid groups (broad SMARTS) is 1. The van der Waals surface area contributed by atoms with Crippen molar-refractivity contribution < 1.29 is 31.8 Å². The number of methoxy groups -OCH3 is 1. The van der Waals surface area contributed by atoms with Crippen LogP contribution in [0.2, 0.25) is 0 Å². The molecule has 0 saturated carbocycles. The average molecular weight is 515 g/mol. The third-order valence-electron chi connectivity index (χ3n) is 5.62. The summed E-state index contributed by atoms with van der Waals surface area (Å²) in [4.78, 5) is 24.4. The summed E-state index contributed by atoms with van der Waals surface area (Å²) in [5.74, 6) is -3.25. The molecule has 3 aromatic carbocycles. The Balaban J connectivity index is 1.59. The van der Waals surface area contributed by atoms with Crippen LogP contribution < -0.4 is 10.3 Å². The lowest BCUT2D eigenvalue weighted by Gasteiger charge is -2.14. The third-order valence-corrected chi connectivity index (χ3v) is 7.73. The molecule has 1 aromatic heterocycles. The molecule has 0 bridgehead atoms. The number of sulfone groups is 1. The van der Waals surface area contributed by atoms with Gasteiger partial charge in [0.25, 0.3) is 5.56 Å². The molecule has 0 radical (unpaired) electrons. The number of aryl methyl sites for hydroxylation is 1. The summed E-state index contributed by atoms with van der Waals surface area (Å²) in [5, 5.41) is 15.7. The fourth-order valence-electron chi connectivity index (χ4n) is 3.66. The SMILES string of the molecule is COc1ccc2nnn(CCC(C(=O)O)S(=O)(=O)c3ccc(-c4ccc(F)c(F)c4)cc3)c(=O)c2c1. The molecule has 1 unspecified atom stereocenters. The molecule has 186 valence electrons. The molecule has 0 saturated heterocycles. The van der Waals surface area contributed by atoms with E-state index in [0.29, 0.717) is 22.4 Å². The first-order valence-electron chi connectivity index (χ1n) is 10.6. The van der Waals surface area contributed by atoms with Crippen molar-refractivity contribution in [1.82, 2.24) is 15.0 Å². The van der Waals surface area contributed by atoms with Crippen molar-refractivity contribution in [3.63, 3.8) is 0 Å². The Labute approximate surface area is 203 Å². The zero-order chi connectivity index (χ0) is 26.0. The molecular weight excluding hydrogens is 496 g/mol. The van der Waals surface area contributed by atoms with E-state index in [1.807, 2.05) is 0 Å². The number of fused-ring (bicyclic) bond motifs is 1. The maximum Gasteiger partial charge on any atom is 0.322 e. The predicted molar refractivity (Wildman–Crippen MR) is 125 cm³/mol. The van der Waals surface area contributed by atoms with Gasteiger partial charge >= 0.3 is 5.97 Å². The number of ether oxygens (including phenoxy) is 1. The second kappa shape index (κ2) is 9.82. The quantitative estimate of drug-likeness (QED) is 0.379. The third kappa shape index (κ3) is 4.80. The molecule has 0 aliphatic rings. The van der Waals surface area contributed by atoms with Gasteiger partial charge in [0, 0.05) is 6.54 Å². The largest absolute Gasteiger partial charge is 0.497 e. The van der Waals surface area contributed by atoms with Gasteiger partial charge < -0.3 is 9.84 Å². The Hall–Kier alpha value is -4.19. The summed E-state index contributed by atoms with van der Waals surface area (Å²) in [5.41, 5.74) is 0.462. The van der Waals surface area contributed by atoms with Gasteiger partial charge in [0.1, 0.15) is 11.3 Å². The summed E-state index contributed by atoms with van der Waals surface area (Å²) in [6.45, 7) is -0.317. The van der Waals surface area contributed by atoms with Gasteiger partial charge in [-0.15, -0.1) is 5.10 Å². The predicted octanol–water partition coefficient (Wildman–Crippen LogP) is 3.06. The topological polar surface area (TPSA) is 128 Å². The summed E-state index contributed by atoms with van der Waals surface area (Å²) >= 11 is 0. The van der Waals surface area contributed by atoms with E-state index >= 15 is 0 Å². The van der Waals surface area contributed by atoms with E-state index < -0.39 is 44.7 Å². The second-order valence-corrected chi connectivity index (χ2v) is 9.95. The fraction of sp³-hybridized carbons (Fsp3) is 0.167. The van der Waals surface area contributed by atoms with Crippen LogP contribution in [-0.4, -0.2) is 46.8 Å². The Bertz CT molecular complexity index is 1620. The van der Waals surface area contributed by atoms with Crippen LogP contribution in [0.5, 0.6) is 5.75 Å². The van der Waals surface area contributed by atoms with Gasteiger partial charge in [0.2, 0.25) is 0 Å². The van der Waals surface area contributed by atoms with Gasteiger partial charge in [-0.25, -0.2) is 21.9 Å². The van der Waals surface area contributed by atoms with Gasteiger partial charge in [0.05, 0.1) is 17.4 Å². The Morgan fingerprint density at radius 1 is 1.03 bits per heavy atom. The van der Waals surface area contributed by atoms with Gasteiger partial charge in [-0.2, -0.15) is 0 Å². The Kier molecular flexibility index (Phi) is 6.80. The number of hydrogen-bond acceptors (Lipinski definition) is 7. The number of nitrogens with zero attached hydrogens (tertiary/aromatic N) is 3. The molecule has 36 heavy (non-hydrogen) atoms. The number of hydrogen-bond donors (Lipinski definition) is 1. The molecule has 0 aliphatic carbocycles. The minimum Gasteiger partial charge on any atom is -0.497 e. The van der Waals surface area contributed by atoms with Crippen molar-refractivity contribution in [3.8, 4) is 16.9 Å². The number of rotatable bonds is 8. The smallest absolute Gasteiger partial charge is 0.322 e. The molecule has 4 aromatic rings. The molecule has 1 heterocycles. The number of halogens is 2. The van der Waals surface area contributed by atoms with Crippen LogP contribution in [0.4, 0.5) is 8.78 Å². The summed E-state index contributed by atoms with van der Waals surface area (Å²) < 4.78 is 58.9. The van der Waals surface area contributed by atoms with Crippen molar-refractivity contribution >= 4 is 26.7 Å². The Morgan fingerprint density at radius 3 is 2.36 bits per heavy atom. The van der Waals surface area contributed by atoms with Crippen LogP contribution in [0, 0.1) is 11.6 Å². The van der Waals surface area contributed by atoms with E-state index in [4.69, 9.17) is 4.74 Å². The first-order chi connectivity index (χ1) is 17.1. The van der Waals surface area contributed by atoms with Crippen LogP contribution in [0.3, 0.4) is 0 Å². The van der Waals surface area contributed by atoms with Gasteiger partial charge in [-0.1, -0.05) is 23.4 Å². The van der Waals surface area contributed by atoms with E-state index in [1.54, 1.807) is 12.1 Å². The van der Waals surface area contributed by atoms with E-state index in [9.17, 15) is 31.9 Å². The summed E-state index contributed by atoms with van der Waals surface area (Å²) in [7, 11) is -2.94. The Morgan fingerprint density at radius 2 is 1.72 bits per heavy atom. The lowest BCUT2D eigenvalue weighted by Crippen LogP contribution is -2.34. The highest BCUT2D eigenvalue weighted by molar-refractivity contribution is 7.92. The molecular formula is C24H19F2N3O6S. The summed E-state index contributed by atoms with van der Waals surface area (Å²) in [6.07, 6.45) is -0.452. The van der Waals surface area contributed by atoms with Crippen LogP contribution in [-0.2, 0) is 21.2 Å². The zero-order valence-electron chi connectivity index (χ0n) is 18.8. The van der Waals surface area contributed by atoms with Gasteiger partial charge in [0.15, 0.2) is 26.7 Å². The zero-order valence-corrected chi connectivity index (χ0v) is 19.6. The minimum absolute atomic E-state index is 0.187. The van der Waals surface area contributed by atoms with Crippen LogP contribution in [0.1, 0.15) is 6.42 Å². The highest BCUT2D eigenvalue weighted by Gasteiger charge is 2.34.